The van der Waals surface area contributed by atoms with Crippen LogP contribution in [0.25, 0.3) is 0 Å². The molecule has 1 saturated carbocycles. The van der Waals surface area contributed by atoms with Gasteiger partial charge in [0.15, 0.2) is 4.77 Å². The molecule has 6 nitrogen and oxygen atoms in total. The van der Waals surface area contributed by atoms with E-state index in [-0.39, 0.29) is 47.0 Å². The van der Waals surface area contributed by atoms with Gasteiger partial charge in [0.1, 0.15) is 5.56 Å². The Balaban J connectivity index is 0.00000288. The van der Waals surface area contributed by atoms with Crippen molar-refractivity contribution in [3.63, 3.8) is 0 Å². The lowest BCUT2D eigenvalue weighted by atomic mass is 9.95. The molecule has 0 bridgehead atoms. The van der Waals surface area contributed by atoms with Crippen LogP contribution in [-0.2, 0) is 0 Å². The van der Waals surface area contributed by atoms with Crippen molar-refractivity contribution in [1.82, 2.24) is 9.55 Å². The molecule has 1 fully saturated rings. The average molecular weight is 466 g/mol. The molecule has 0 saturated heterocycles. The second-order valence-corrected chi connectivity index (χ2v) is 7.59. The number of aliphatic imine (C=N–C) groups is 1. The predicted molar refractivity (Wildman–Crippen MR) is 95.0 cm³/mol. The Labute approximate surface area is 165 Å². The van der Waals surface area contributed by atoms with Crippen molar-refractivity contribution in [3.05, 3.63) is 20.7 Å². The molecule has 1 aliphatic rings. The normalized spacial score (nSPS) is 16.3. The maximum atomic E-state index is 12.1. The number of halogens is 1. The summed E-state index contributed by atoms with van der Waals surface area (Å²) in [7, 11) is 6.26. The number of hydrogen-bond donors (Lipinski definition) is 2. The zero-order chi connectivity index (χ0) is 17.0. The van der Waals surface area contributed by atoms with Gasteiger partial charge in [0.05, 0.1) is 34.2 Å². The van der Waals surface area contributed by atoms with Crippen molar-refractivity contribution in [1.29, 1.82) is 0 Å². The van der Waals surface area contributed by atoms with Gasteiger partial charge in [-0.1, -0.05) is 19.3 Å². The molecular formula is C16H27IN4O2S. The van der Waals surface area contributed by atoms with Crippen LogP contribution in [0.1, 0.15) is 43.7 Å². The van der Waals surface area contributed by atoms with Crippen molar-refractivity contribution >= 4 is 18.4 Å². The summed E-state index contributed by atoms with van der Waals surface area (Å²) >= 11 is 5.25. The molecule has 2 N–H and O–H groups in total. The van der Waals surface area contributed by atoms with Gasteiger partial charge in [-0.2, -0.15) is 0 Å². The van der Waals surface area contributed by atoms with Crippen molar-refractivity contribution in [2.75, 3.05) is 34.2 Å². The Hall–Kier alpha value is -0.740. The van der Waals surface area contributed by atoms with Crippen LogP contribution in [0.4, 0.5) is 0 Å². The zero-order valence-electron chi connectivity index (χ0n) is 14.6. The lowest BCUT2D eigenvalue weighted by Crippen LogP contribution is -3.00. The summed E-state index contributed by atoms with van der Waals surface area (Å²) in [6.07, 6.45) is 6.89. The van der Waals surface area contributed by atoms with Crippen LogP contribution >= 0.6 is 12.2 Å². The third kappa shape index (κ3) is 5.66. The fourth-order valence-electron chi connectivity index (χ4n) is 2.86. The number of nitrogens with one attached hydrogen (secondary N) is 1. The van der Waals surface area contributed by atoms with Crippen LogP contribution in [0.2, 0.25) is 0 Å². The van der Waals surface area contributed by atoms with Crippen LogP contribution < -0.4 is 29.5 Å². The van der Waals surface area contributed by atoms with Gasteiger partial charge in [-0.05, 0) is 25.1 Å². The molecule has 0 amide bonds. The molecular weight excluding hydrogens is 439 g/mol. The number of aromatic nitrogens is 2. The molecule has 0 aliphatic heterocycles. The molecule has 2 rings (SSSR count). The second-order valence-electron chi connectivity index (χ2n) is 7.21. The Morgan fingerprint density at radius 1 is 1.33 bits per heavy atom. The summed E-state index contributed by atoms with van der Waals surface area (Å²) in [6.45, 7) is 1.46. The van der Waals surface area contributed by atoms with E-state index in [9.17, 15) is 9.90 Å². The molecule has 1 aromatic heterocycles. The summed E-state index contributed by atoms with van der Waals surface area (Å²) in [5, 5.41) is 10.5. The largest absolute Gasteiger partial charge is 1.00 e. The van der Waals surface area contributed by atoms with E-state index in [1.54, 1.807) is 4.57 Å². The first-order chi connectivity index (χ1) is 10.8. The predicted octanol–water partition coefficient (Wildman–Crippen LogP) is -0.754. The van der Waals surface area contributed by atoms with E-state index in [1.807, 2.05) is 0 Å². The quantitative estimate of drug-likeness (QED) is 0.260. The Morgan fingerprint density at radius 3 is 2.54 bits per heavy atom. The minimum Gasteiger partial charge on any atom is -1.00 e. The summed E-state index contributed by atoms with van der Waals surface area (Å²) in [5.41, 5.74) is -0.181. The zero-order valence-corrected chi connectivity index (χ0v) is 17.6. The van der Waals surface area contributed by atoms with Crippen LogP contribution in [0.3, 0.4) is 0 Å². The number of rotatable bonds is 5. The number of quaternary nitrogens is 1. The van der Waals surface area contributed by atoms with Gasteiger partial charge in [-0.25, -0.2) is 0 Å². The number of aromatic hydroxyl groups is 1. The lowest BCUT2D eigenvalue weighted by Gasteiger charge is -2.25. The number of aromatic amines is 1. The second kappa shape index (κ2) is 9.10. The maximum Gasteiger partial charge on any atom is 0.264 e. The van der Waals surface area contributed by atoms with E-state index in [2.05, 4.69) is 31.1 Å². The molecule has 0 spiro atoms. The van der Waals surface area contributed by atoms with E-state index in [0.29, 0.717) is 11.3 Å². The molecule has 0 radical (unpaired) electrons. The van der Waals surface area contributed by atoms with Crippen molar-refractivity contribution in [2.45, 2.75) is 38.1 Å². The van der Waals surface area contributed by atoms with E-state index < -0.39 is 0 Å². The first-order valence-corrected chi connectivity index (χ1v) is 8.58. The van der Waals surface area contributed by atoms with E-state index in [4.69, 9.17) is 12.2 Å². The highest BCUT2D eigenvalue weighted by atomic mass is 127. The SMILES string of the molecule is C[N+](C)(C)CCN=Cc1c(O)n(C2CCCCC2)c(=S)[nH]c1=O.[I-]. The van der Waals surface area contributed by atoms with Gasteiger partial charge in [0, 0.05) is 12.3 Å². The molecule has 1 aliphatic carbocycles. The summed E-state index contributed by atoms with van der Waals surface area (Å²) < 4.78 is 2.78. The van der Waals surface area contributed by atoms with Crippen molar-refractivity contribution < 1.29 is 33.6 Å². The maximum absolute atomic E-state index is 12.1. The summed E-state index contributed by atoms with van der Waals surface area (Å²) in [4.78, 5) is 19.1. The fraction of sp³-hybridized carbons (Fsp3) is 0.688. The first-order valence-electron chi connectivity index (χ1n) is 8.17. The van der Waals surface area contributed by atoms with Gasteiger partial charge in [-0.3, -0.25) is 19.3 Å². The smallest absolute Gasteiger partial charge is 0.264 e. The van der Waals surface area contributed by atoms with Gasteiger partial charge < -0.3 is 33.6 Å². The van der Waals surface area contributed by atoms with Crippen LogP contribution in [-0.4, -0.2) is 59.6 Å². The van der Waals surface area contributed by atoms with Crippen molar-refractivity contribution in [2.24, 2.45) is 4.99 Å². The molecule has 1 aromatic rings. The number of nitrogens with zero attached hydrogens (tertiary/aromatic N) is 3. The third-order valence-electron chi connectivity index (χ3n) is 4.21. The van der Waals surface area contributed by atoms with E-state index in [1.165, 1.54) is 12.6 Å². The molecule has 24 heavy (non-hydrogen) atoms. The Kier molecular flexibility index (Phi) is 8.07. The minimum absolute atomic E-state index is 0. The van der Waals surface area contributed by atoms with Gasteiger partial charge >= 0.3 is 0 Å². The molecule has 0 atom stereocenters. The molecule has 0 aromatic carbocycles. The van der Waals surface area contributed by atoms with E-state index >= 15 is 0 Å². The third-order valence-corrected chi connectivity index (χ3v) is 4.51. The van der Waals surface area contributed by atoms with Crippen LogP contribution in [0.5, 0.6) is 5.88 Å². The number of H-pyrrole nitrogens is 1. The van der Waals surface area contributed by atoms with Gasteiger partial charge in [0.25, 0.3) is 5.56 Å². The highest BCUT2D eigenvalue weighted by Crippen LogP contribution is 2.31. The van der Waals surface area contributed by atoms with E-state index in [0.717, 1.165) is 36.7 Å². The number of likely N-dealkylation sites (N-methyl/N-ethyl adjacent to an activating group) is 1. The fourth-order valence-corrected chi connectivity index (χ4v) is 3.19. The average Bonchev–Trinajstić information content (AvgIpc) is 2.46. The minimum atomic E-state index is -0.381. The summed E-state index contributed by atoms with van der Waals surface area (Å²) in [6, 6.07) is 0.159. The van der Waals surface area contributed by atoms with Gasteiger partial charge in [-0.15, -0.1) is 0 Å². The Morgan fingerprint density at radius 2 is 1.96 bits per heavy atom. The molecule has 8 heteroatoms. The van der Waals surface area contributed by atoms with Crippen LogP contribution in [0, 0.1) is 4.77 Å². The standard InChI is InChI=1S/C16H26N4O2S.HI/c1-20(2,3)10-9-17-11-13-14(21)18-16(23)19(15(13)22)12-7-5-4-6-8-12;/h11-12H,4-10H2,1-3H3,(H-,17,18,21,22,23);1H. The first kappa shape index (κ1) is 21.3. The Bertz CT molecular complexity index is 685. The lowest BCUT2D eigenvalue weighted by molar-refractivity contribution is -0.868. The topological polar surface area (TPSA) is 70.4 Å². The van der Waals surface area contributed by atoms with Crippen molar-refractivity contribution in [3.8, 4) is 5.88 Å². The van der Waals surface area contributed by atoms with Gasteiger partial charge in [0.2, 0.25) is 5.88 Å². The molecule has 1 heterocycles. The van der Waals surface area contributed by atoms with Crippen LogP contribution in [0.15, 0.2) is 9.79 Å². The highest BCUT2D eigenvalue weighted by molar-refractivity contribution is 7.71. The molecule has 0 unspecified atom stereocenters. The monoisotopic (exact) mass is 466 g/mol. The number of hydrogen-bond acceptors (Lipinski definition) is 4. The summed E-state index contributed by atoms with van der Waals surface area (Å²) in [5.74, 6) is -0.0559. The molecule has 136 valence electrons. The highest BCUT2D eigenvalue weighted by Gasteiger charge is 2.21.